The van der Waals surface area contributed by atoms with Gasteiger partial charge in [0.1, 0.15) is 5.82 Å². The van der Waals surface area contributed by atoms with E-state index in [0.29, 0.717) is 24.3 Å². The van der Waals surface area contributed by atoms with Gasteiger partial charge in [-0.1, -0.05) is 30.3 Å². The van der Waals surface area contributed by atoms with E-state index in [9.17, 15) is 13.2 Å². The highest BCUT2D eigenvalue weighted by atomic mass is 19.4. The molecule has 2 aromatic carbocycles. The normalized spacial score (nSPS) is 18.5. The van der Waals surface area contributed by atoms with Gasteiger partial charge in [0.2, 0.25) is 5.95 Å². The molecular formula is C27H34F3N5. The van der Waals surface area contributed by atoms with Crippen molar-refractivity contribution >= 4 is 22.7 Å². The van der Waals surface area contributed by atoms with Crippen LogP contribution in [-0.2, 0) is 12.6 Å². The Morgan fingerprint density at radius 2 is 1.74 bits per heavy atom. The molecule has 1 aliphatic carbocycles. The quantitative estimate of drug-likeness (QED) is 0.369. The molecule has 8 heteroatoms. The summed E-state index contributed by atoms with van der Waals surface area (Å²) in [5.41, 5.74) is 1.11. The predicted octanol–water partition coefficient (Wildman–Crippen LogP) is 5.91. The summed E-state index contributed by atoms with van der Waals surface area (Å²) in [5.74, 6) is 2.22. The number of rotatable bonds is 9. The number of benzene rings is 2. The number of nitrogens with zero attached hydrogens (tertiary/aromatic N) is 3. The molecule has 0 bridgehead atoms. The highest BCUT2D eigenvalue weighted by Gasteiger charge is 2.30. The molecule has 0 unspecified atom stereocenters. The average molecular weight is 486 g/mol. The molecule has 1 heterocycles. The van der Waals surface area contributed by atoms with Crippen molar-refractivity contribution in [2.75, 3.05) is 37.4 Å². The van der Waals surface area contributed by atoms with Gasteiger partial charge in [0.15, 0.2) is 0 Å². The molecule has 3 aromatic rings. The van der Waals surface area contributed by atoms with Gasteiger partial charge >= 0.3 is 6.18 Å². The molecule has 0 aliphatic heterocycles. The SMILES string of the molecule is CN(C)c1nc(N[C@H]2CC[C@@H](CNCCCc3cccc(C(F)(F)F)c3)CC2)nc2ccccc12. The monoisotopic (exact) mass is 485 g/mol. The van der Waals surface area contributed by atoms with Gasteiger partial charge in [-0.3, -0.25) is 0 Å². The van der Waals surface area contributed by atoms with Crippen LogP contribution in [0.4, 0.5) is 24.9 Å². The van der Waals surface area contributed by atoms with Crippen LogP contribution in [0.5, 0.6) is 0 Å². The molecule has 4 rings (SSSR count). The molecule has 0 saturated heterocycles. The van der Waals surface area contributed by atoms with E-state index in [0.717, 1.165) is 73.5 Å². The van der Waals surface area contributed by atoms with Crippen molar-refractivity contribution in [2.24, 2.45) is 5.92 Å². The zero-order chi connectivity index (χ0) is 24.8. The number of aryl methyl sites for hydroxylation is 1. The fourth-order valence-electron chi connectivity index (χ4n) is 4.79. The number of alkyl halides is 3. The van der Waals surface area contributed by atoms with E-state index in [1.54, 1.807) is 6.07 Å². The summed E-state index contributed by atoms with van der Waals surface area (Å²) in [7, 11) is 3.99. The molecule has 2 N–H and O–H groups in total. The second-order valence-electron chi connectivity index (χ2n) is 9.65. The van der Waals surface area contributed by atoms with Crippen LogP contribution in [0.15, 0.2) is 48.5 Å². The summed E-state index contributed by atoms with van der Waals surface area (Å²) >= 11 is 0. The van der Waals surface area contributed by atoms with Gasteiger partial charge in [-0.2, -0.15) is 18.2 Å². The lowest BCUT2D eigenvalue weighted by molar-refractivity contribution is -0.137. The van der Waals surface area contributed by atoms with Crippen molar-refractivity contribution in [3.8, 4) is 0 Å². The first-order valence-electron chi connectivity index (χ1n) is 12.4. The van der Waals surface area contributed by atoms with E-state index in [1.807, 2.05) is 43.3 Å². The number of aromatic nitrogens is 2. The van der Waals surface area contributed by atoms with E-state index in [2.05, 4.69) is 10.6 Å². The van der Waals surface area contributed by atoms with Crippen LogP contribution < -0.4 is 15.5 Å². The zero-order valence-electron chi connectivity index (χ0n) is 20.4. The van der Waals surface area contributed by atoms with Crippen LogP contribution in [0.2, 0.25) is 0 Å². The molecule has 35 heavy (non-hydrogen) atoms. The highest BCUT2D eigenvalue weighted by Crippen LogP contribution is 2.30. The van der Waals surface area contributed by atoms with E-state index in [-0.39, 0.29) is 0 Å². The van der Waals surface area contributed by atoms with Crippen molar-refractivity contribution < 1.29 is 13.2 Å². The van der Waals surface area contributed by atoms with Crippen LogP contribution >= 0.6 is 0 Å². The number of anilines is 2. The Balaban J connectivity index is 1.19. The summed E-state index contributed by atoms with van der Waals surface area (Å²) in [5, 5.41) is 8.10. The van der Waals surface area contributed by atoms with E-state index < -0.39 is 11.7 Å². The van der Waals surface area contributed by atoms with Gasteiger partial charge in [-0.05, 0) is 81.3 Å². The minimum Gasteiger partial charge on any atom is -0.362 e. The Hall–Kier alpha value is -2.87. The summed E-state index contributed by atoms with van der Waals surface area (Å²) in [6, 6.07) is 14.1. The maximum absolute atomic E-state index is 12.9. The van der Waals surface area contributed by atoms with Crippen LogP contribution in [-0.4, -0.2) is 43.2 Å². The van der Waals surface area contributed by atoms with Gasteiger partial charge in [0.25, 0.3) is 0 Å². The van der Waals surface area contributed by atoms with Crippen molar-refractivity contribution in [3.63, 3.8) is 0 Å². The van der Waals surface area contributed by atoms with Crippen molar-refractivity contribution in [1.82, 2.24) is 15.3 Å². The standard InChI is InChI=1S/C27H34F3N5/c1-35(2)25-23-10-3-4-11-24(23)33-26(34-25)32-22-14-12-20(13-15-22)18-31-16-6-8-19-7-5-9-21(17-19)27(28,29)30/h3-5,7,9-11,17,20,22,31H,6,8,12-16,18H2,1-2H3,(H,32,33,34)/t20-,22+. The molecule has 0 amide bonds. The van der Waals surface area contributed by atoms with Crippen molar-refractivity contribution in [2.45, 2.75) is 50.7 Å². The van der Waals surface area contributed by atoms with E-state index in [4.69, 9.17) is 9.97 Å². The second kappa shape index (κ2) is 11.2. The lowest BCUT2D eigenvalue weighted by Gasteiger charge is -2.29. The first kappa shape index (κ1) is 25.2. The molecule has 5 nitrogen and oxygen atoms in total. The van der Waals surface area contributed by atoms with Crippen molar-refractivity contribution in [1.29, 1.82) is 0 Å². The number of nitrogens with one attached hydrogen (secondary N) is 2. The third kappa shape index (κ3) is 6.84. The number of para-hydroxylation sites is 1. The molecule has 1 fully saturated rings. The molecular weight excluding hydrogens is 451 g/mol. The third-order valence-corrected chi connectivity index (χ3v) is 6.69. The molecule has 1 aromatic heterocycles. The maximum atomic E-state index is 12.9. The van der Waals surface area contributed by atoms with Crippen LogP contribution in [0.1, 0.15) is 43.2 Å². The van der Waals surface area contributed by atoms with Gasteiger partial charge < -0.3 is 15.5 Å². The first-order valence-corrected chi connectivity index (χ1v) is 12.4. The Kier molecular flexibility index (Phi) is 8.11. The summed E-state index contributed by atoms with van der Waals surface area (Å²) < 4.78 is 38.6. The third-order valence-electron chi connectivity index (χ3n) is 6.69. The molecule has 0 atom stereocenters. The molecule has 1 saturated carbocycles. The fourth-order valence-corrected chi connectivity index (χ4v) is 4.79. The lowest BCUT2D eigenvalue weighted by Crippen LogP contribution is -2.32. The highest BCUT2D eigenvalue weighted by molar-refractivity contribution is 5.90. The Bertz CT molecular complexity index is 1110. The topological polar surface area (TPSA) is 53.1 Å². The summed E-state index contributed by atoms with van der Waals surface area (Å²) in [4.78, 5) is 11.5. The van der Waals surface area contributed by atoms with Gasteiger partial charge in [0.05, 0.1) is 11.1 Å². The maximum Gasteiger partial charge on any atom is 0.416 e. The first-order chi connectivity index (χ1) is 16.8. The predicted molar refractivity (Wildman–Crippen MR) is 136 cm³/mol. The number of hydrogen-bond acceptors (Lipinski definition) is 5. The largest absolute Gasteiger partial charge is 0.416 e. The Morgan fingerprint density at radius 3 is 2.49 bits per heavy atom. The van der Waals surface area contributed by atoms with Crippen LogP contribution in [0, 0.1) is 5.92 Å². The van der Waals surface area contributed by atoms with Gasteiger partial charge in [-0.25, -0.2) is 4.98 Å². The molecule has 188 valence electrons. The van der Waals surface area contributed by atoms with Gasteiger partial charge in [0, 0.05) is 25.5 Å². The smallest absolute Gasteiger partial charge is 0.362 e. The Labute approximate surface area is 205 Å². The molecule has 1 aliphatic rings. The van der Waals surface area contributed by atoms with Crippen LogP contribution in [0.25, 0.3) is 10.9 Å². The lowest BCUT2D eigenvalue weighted by atomic mass is 9.86. The van der Waals surface area contributed by atoms with Crippen LogP contribution in [0.3, 0.4) is 0 Å². The van der Waals surface area contributed by atoms with E-state index >= 15 is 0 Å². The van der Waals surface area contributed by atoms with Crippen molar-refractivity contribution in [3.05, 3.63) is 59.7 Å². The van der Waals surface area contributed by atoms with Gasteiger partial charge in [-0.15, -0.1) is 0 Å². The molecule has 0 radical (unpaired) electrons. The fraction of sp³-hybridized carbons (Fsp3) is 0.481. The zero-order valence-corrected chi connectivity index (χ0v) is 20.4. The minimum atomic E-state index is -4.28. The summed E-state index contributed by atoms with van der Waals surface area (Å²) in [6.45, 7) is 1.76. The summed E-state index contributed by atoms with van der Waals surface area (Å²) in [6.07, 6.45) is 1.60. The number of hydrogen-bond donors (Lipinski definition) is 2. The number of fused-ring (bicyclic) bond motifs is 1. The minimum absolute atomic E-state index is 0.364. The second-order valence-corrected chi connectivity index (χ2v) is 9.65. The average Bonchev–Trinajstić information content (AvgIpc) is 2.84. The Morgan fingerprint density at radius 1 is 0.971 bits per heavy atom. The van der Waals surface area contributed by atoms with E-state index in [1.165, 1.54) is 12.1 Å². The molecule has 0 spiro atoms. The number of halogens is 3.